The van der Waals surface area contributed by atoms with Gasteiger partial charge in [0.1, 0.15) is 5.75 Å². The number of oxazole rings is 1. The Labute approximate surface area is 149 Å². The maximum Gasteiger partial charge on any atom is 0.368 e. The smallest absolute Gasteiger partial charge is 0.368 e. The molecule has 2 amide bonds. The number of nitriles is 1. The second kappa shape index (κ2) is 7.72. The van der Waals surface area contributed by atoms with E-state index >= 15 is 0 Å². The molecule has 3 aromatic rings. The second-order valence-electron chi connectivity index (χ2n) is 5.01. The van der Waals surface area contributed by atoms with E-state index in [2.05, 4.69) is 10.5 Å². The van der Waals surface area contributed by atoms with Crippen molar-refractivity contribution in [3.05, 3.63) is 61.1 Å². The van der Waals surface area contributed by atoms with E-state index in [-0.39, 0.29) is 0 Å². The van der Waals surface area contributed by atoms with E-state index in [1.165, 1.54) is 13.5 Å². The van der Waals surface area contributed by atoms with Gasteiger partial charge >= 0.3 is 6.03 Å². The van der Waals surface area contributed by atoms with Gasteiger partial charge in [0.15, 0.2) is 24.1 Å². The minimum Gasteiger partial charge on any atom is -0.496 e. The summed E-state index contributed by atoms with van der Waals surface area (Å²) >= 11 is 0. The summed E-state index contributed by atoms with van der Waals surface area (Å²) in [5, 5.41) is 9.19. The Morgan fingerprint density at radius 2 is 2.08 bits per heavy atom. The number of amides is 2. The van der Waals surface area contributed by atoms with E-state index in [9.17, 15) is 10.1 Å². The Balaban J connectivity index is 1.71. The van der Waals surface area contributed by atoms with Crippen molar-refractivity contribution in [3.8, 4) is 29.0 Å². The average Bonchev–Trinajstić information content (AvgIpc) is 3.22. The summed E-state index contributed by atoms with van der Waals surface area (Å²) in [6.07, 6.45) is 4.68. The maximum atomic E-state index is 12.2. The lowest BCUT2D eigenvalue weighted by atomic mass is 10.1. The van der Waals surface area contributed by atoms with Gasteiger partial charge in [-0.3, -0.25) is 0 Å². The number of carbonyl (C=O) groups is 1. The fourth-order valence-corrected chi connectivity index (χ4v) is 2.23. The molecule has 0 spiro atoms. The topological polar surface area (TPSA) is 101 Å². The fourth-order valence-electron chi connectivity index (χ4n) is 2.23. The molecule has 0 radical (unpaired) electrons. The number of anilines is 1. The summed E-state index contributed by atoms with van der Waals surface area (Å²) < 4.78 is 10.6. The van der Waals surface area contributed by atoms with Crippen molar-refractivity contribution in [1.82, 2.24) is 10.5 Å². The van der Waals surface area contributed by atoms with E-state index in [0.717, 1.165) is 4.90 Å². The standard InChI is InChI=1S/C18H14N4O4/c1-24-16-9-14(7-8-15(16)17-10-20-12-25-17)26-21-18(23)22(11-19)13-5-3-2-4-6-13/h2-10,12H,1H3,(H,21,23). The summed E-state index contributed by atoms with van der Waals surface area (Å²) in [5.74, 6) is 1.34. The Kier molecular flexibility index (Phi) is 5.00. The first-order chi connectivity index (χ1) is 12.7. The monoisotopic (exact) mass is 350 g/mol. The maximum absolute atomic E-state index is 12.2. The first-order valence-corrected chi connectivity index (χ1v) is 7.51. The van der Waals surface area contributed by atoms with Crippen LogP contribution in [0.25, 0.3) is 11.3 Å². The number of urea groups is 1. The molecule has 1 N–H and O–H groups in total. The molecule has 2 aromatic carbocycles. The molecule has 0 atom stereocenters. The first-order valence-electron chi connectivity index (χ1n) is 7.51. The number of nitrogens with one attached hydrogen (secondary N) is 1. The van der Waals surface area contributed by atoms with Crippen molar-refractivity contribution < 1.29 is 18.8 Å². The Hall–Kier alpha value is -3.99. The van der Waals surface area contributed by atoms with Gasteiger partial charge in [0.25, 0.3) is 0 Å². The summed E-state index contributed by atoms with van der Waals surface area (Å²) in [7, 11) is 1.50. The number of methoxy groups -OCH3 is 1. The normalized spacial score (nSPS) is 9.85. The molecule has 0 aliphatic rings. The van der Waals surface area contributed by atoms with Crippen LogP contribution in [0.4, 0.5) is 10.5 Å². The Morgan fingerprint density at radius 1 is 1.27 bits per heavy atom. The van der Waals surface area contributed by atoms with Crippen LogP contribution in [0.1, 0.15) is 0 Å². The average molecular weight is 350 g/mol. The van der Waals surface area contributed by atoms with Gasteiger partial charge in [-0.15, -0.1) is 0 Å². The highest BCUT2D eigenvalue weighted by Crippen LogP contribution is 2.32. The zero-order chi connectivity index (χ0) is 18.4. The van der Waals surface area contributed by atoms with Gasteiger partial charge in [-0.1, -0.05) is 18.2 Å². The molecule has 8 nitrogen and oxygen atoms in total. The summed E-state index contributed by atoms with van der Waals surface area (Å²) in [5.41, 5.74) is 3.34. The quantitative estimate of drug-likeness (QED) is 0.430. The minimum absolute atomic E-state index is 0.324. The summed E-state index contributed by atoms with van der Waals surface area (Å²) in [6, 6.07) is 12.7. The molecule has 26 heavy (non-hydrogen) atoms. The molecule has 0 aliphatic heterocycles. The molecule has 8 heteroatoms. The Morgan fingerprint density at radius 3 is 2.73 bits per heavy atom. The zero-order valence-corrected chi connectivity index (χ0v) is 13.7. The van der Waals surface area contributed by atoms with Crippen LogP contribution in [-0.2, 0) is 0 Å². The third kappa shape index (κ3) is 3.57. The molecule has 1 heterocycles. The van der Waals surface area contributed by atoms with E-state index in [1.807, 2.05) is 0 Å². The van der Waals surface area contributed by atoms with Gasteiger partial charge in [-0.05, 0) is 24.3 Å². The van der Waals surface area contributed by atoms with Crippen molar-refractivity contribution in [2.24, 2.45) is 0 Å². The molecule has 3 rings (SSSR count). The van der Waals surface area contributed by atoms with Gasteiger partial charge < -0.3 is 14.0 Å². The molecule has 1 aromatic heterocycles. The third-order valence-electron chi connectivity index (χ3n) is 3.44. The minimum atomic E-state index is -0.725. The first kappa shape index (κ1) is 16.9. The highest BCUT2D eigenvalue weighted by Gasteiger charge is 2.16. The summed E-state index contributed by atoms with van der Waals surface area (Å²) in [4.78, 5) is 22.2. The van der Waals surface area contributed by atoms with E-state index < -0.39 is 6.03 Å². The highest BCUT2D eigenvalue weighted by molar-refractivity contribution is 5.94. The van der Waals surface area contributed by atoms with Crippen molar-refractivity contribution >= 4 is 11.7 Å². The lowest BCUT2D eigenvalue weighted by Crippen LogP contribution is -2.38. The molecule has 0 fully saturated rings. The Bertz CT molecular complexity index is 920. The third-order valence-corrected chi connectivity index (χ3v) is 3.44. The van der Waals surface area contributed by atoms with Crippen molar-refractivity contribution in [3.63, 3.8) is 0 Å². The molecule has 130 valence electrons. The van der Waals surface area contributed by atoms with Gasteiger partial charge in [0, 0.05) is 6.07 Å². The van der Waals surface area contributed by atoms with Crippen LogP contribution in [0.15, 0.2) is 65.5 Å². The van der Waals surface area contributed by atoms with E-state index in [4.69, 9.17) is 14.0 Å². The predicted molar refractivity (Wildman–Crippen MR) is 92.2 cm³/mol. The van der Waals surface area contributed by atoms with Gasteiger partial charge in [-0.25, -0.2) is 9.78 Å². The molecular weight excluding hydrogens is 336 g/mol. The van der Waals surface area contributed by atoms with E-state index in [0.29, 0.717) is 28.5 Å². The number of benzene rings is 2. The van der Waals surface area contributed by atoms with Crippen molar-refractivity contribution in [2.75, 3.05) is 12.0 Å². The number of para-hydroxylation sites is 1. The highest BCUT2D eigenvalue weighted by atomic mass is 16.7. The number of nitrogens with zero attached hydrogens (tertiary/aromatic N) is 3. The lowest BCUT2D eigenvalue weighted by molar-refractivity contribution is 0.185. The van der Waals surface area contributed by atoms with Crippen LogP contribution in [0, 0.1) is 11.5 Å². The van der Waals surface area contributed by atoms with Crippen LogP contribution < -0.4 is 20.0 Å². The lowest BCUT2D eigenvalue weighted by Gasteiger charge is -2.15. The zero-order valence-electron chi connectivity index (χ0n) is 13.7. The van der Waals surface area contributed by atoms with Crippen molar-refractivity contribution in [1.29, 1.82) is 5.26 Å². The van der Waals surface area contributed by atoms with Crippen molar-refractivity contribution in [2.45, 2.75) is 0 Å². The number of rotatable bonds is 5. The summed E-state index contributed by atoms with van der Waals surface area (Å²) in [6.45, 7) is 0. The SMILES string of the molecule is COc1cc(ONC(=O)N(C#N)c2ccccc2)ccc1-c1cnco1. The fraction of sp³-hybridized carbons (Fsp3) is 0.0556. The second-order valence-corrected chi connectivity index (χ2v) is 5.01. The van der Waals surface area contributed by atoms with Gasteiger partial charge in [-0.2, -0.15) is 15.6 Å². The number of hydrogen-bond donors (Lipinski definition) is 1. The van der Waals surface area contributed by atoms with Gasteiger partial charge in [0.05, 0.1) is 24.6 Å². The largest absolute Gasteiger partial charge is 0.496 e. The molecule has 0 unspecified atom stereocenters. The molecule has 0 aliphatic carbocycles. The number of ether oxygens (including phenoxy) is 1. The van der Waals surface area contributed by atoms with Gasteiger partial charge in [0.2, 0.25) is 0 Å². The number of hydrogen-bond acceptors (Lipinski definition) is 6. The van der Waals surface area contributed by atoms with Crippen LogP contribution in [0.3, 0.4) is 0 Å². The molecular formula is C18H14N4O4. The van der Waals surface area contributed by atoms with Crippen LogP contribution in [0.2, 0.25) is 0 Å². The molecule has 0 saturated heterocycles. The van der Waals surface area contributed by atoms with Crippen LogP contribution in [-0.4, -0.2) is 18.1 Å². The molecule has 0 bridgehead atoms. The molecule has 0 saturated carbocycles. The van der Waals surface area contributed by atoms with E-state index in [1.54, 1.807) is 60.9 Å². The number of hydroxylamine groups is 1. The van der Waals surface area contributed by atoms with Crippen LogP contribution in [0.5, 0.6) is 11.5 Å². The van der Waals surface area contributed by atoms with Crippen LogP contribution >= 0.6 is 0 Å². The number of carbonyl (C=O) groups excluding carboxylic acids is 1. The predicted octanol–water partition coefficient (Wildman–Crippen LogP) is 3.34. The number of aromatic nitrogens is 1.